The number of hydrogen-bond donors (Lipinski definition) is 1. The van der Waals surface area contributed by atoms with Gasteiger partial charge in [-0.05, 0) is 53.8 Å². The number of benzene rings is 1. The van der Waals surface area contributed by atoms with Crippen molar-refractivity contribution in [3.8, 4) is 5.69 Å². The average molecular weight is 299 g/mol. The van der Waals surface area contributed by atoms with Gasteiger partial charge in [-0.1, -0.05) is 0 Å². The predicted octanol–water partition coefficient (Wildman–Crippen LogP) is 2.37. The van der Waals surface area contributed by atoms with Crippen LogP contribution in [0.4, 0.5) is 5.95 Å². The molecule has 0 aliphatic carbocycles. The molecule has 0 fully saturated rings. The Kier molecular flexibility index (Phi) is 2.45. The highest BCUT2D eigenvalue weighted by Crippen LogP contribution is 2.15. The summed E-state index contributed by atoms with van der Waals surface area (Å²) in [6.45, 7) is 1.93. The van der Waals surface area contributed by atoms with Gasteiger partial charge in [-0.25, -0.2) is 4.98 Å². The first kappa shape index (κ1) is 9.51. The van der Waals surface area contributed by atoms with E-state index in [9.17, 15) is 0 Å². The third-order valence-electron chi connectivity index (χ3n) is 1.96. The van der Waals surface area contributed by atoms with E-state index >= 15 is 0 Å². The third kappa shape index (κ3) is 1.75. The van der Waals surface area contributed by atoms with E-state index in [0.29, 0.717) is 5.95 Å². The van der Waals surface area contributed by atoms with Crippen molar-refractivity contribution in [1.29, 1.82) is 0 Å². The lowest BCUT2D eigenvalue weighted by molar-refractivity contribution is 1.07. The minimum Gasteiger partial charge on any atom is -0.369 e. The molecule has 0 aliphatic heterocycles. The first-order valence-corrected chi connectivity index (χ1v) is 5.32. The van der Waals surface area contributed by atoms with E-state index in [1.807, 2.05) is 42.0 Å². The van der Waals surface area contributed by atoms with Crippen molar-refractivity contribution in [2.45, 2.75) is 6.92 Å². The van der Waals surface area contributed by atoms with Crippen LogP contribution in [0, 0.1) is 10.5 Å². The normalized spacial score (nSPS) is 10.4. The maximum Gasteiger partial charge on any atom is 0.205 e. The lowest BCUT2D eigenvalue weighted by Crippen LogP contribution is -1.99. The molecule has 1 aromatic carbocycles. The maximum absolute atomic E-state index is 5.76. The maximum atomic E-state index is 5.76. The second-order valence-corrected chi connectivity index (χ2v) is 4.33. The van der Waals surface area contributed by atoms with Crippen molar-refractivity contribution < 1.29 is 0 Å². The summed E-state index contributed by atoms with van der Waals surface area (Å²) >= 11 is 2.27. The van der Waals surface area contributed by atoms with Gasteiger partial charge in [0.1, 0.15) is 0 Å². The third-order valence-corrected chi connectivity index (χ3v) is 2.68. The molecule has 1 heterocycles. The zero-order valence-corrected chi connectivity index (χ0v) is 9.89. The highest BCUT2D eigenvalue weighted by atomic mass is 127. The second-order valence-electron chi connectivity index (χ2n) is 3.09. The van der Waals surface area contributed by atoms with Crippen molar-refractivity contribution in [2.75, 3.05) is 5.73 Å². The molecule has 14 heavy (non-hydrogen) atoms. The number of nitrogens with two attached hydrogens (primary N) is 1. The zero-order chi connectivity index (χ0) is 10.1. The molecule has 3 nitrogen and oxygen atoms in total. The fraction of sp³-hybridized carbons (Fsp3) is 0.100. The number of nitrogen functional groups attached to an aromatic ring is 1. The fourth-order valence-electron chi connectivity index (χ4n) is 1.32. The molecule has 0 atom stereocenters. The Balaban J connectivity index is 2.49. The van der Waals surface area contributed by atoms with Crippen LogP contribution in [-0.2, 0) is 0 Å². The Morgan fingerprint density at radius 3 is 2.43 bits per heavy atom. The molecule has 2 aromatic rings. The van der Waals surface area contributed by atoms with Crippen LogP contribution in [0.3, 0.4) is 0 Å². The molecule has 2 rings (SSSR count). The lowest BCUT2D eigenvalue weighted by atomic mass is 10.3. The van der Waals surface area contributed by atoms with Crippen molar-refractivity contribution in [3.63, 3.8) is 0 Å². The van der Waals surface area contributed by atoms with Crippen molar-refractivity contribution >= 4 is 28.5 Å². The van der Waals surface area contributed by atoms with Crippen LogP contribution < -0.4 is 5.73 Å². The van der Waals surface area contributed by atoms with Crippen LogP contribution in [0.2, 0.25) is 0 Å². The second kappa shape index (κ2) is 3.61. The standard InChI is InChI=1S/C10H10IN3/c1-7-6-14(10(12)13-7)9-4-2-8(11)3-5-9/h2-6H,1H3,(H2,12,13). The molecule has 2 N–H and O–H groups in total. The van der Waals surface area contributed by atoms with E-state index in [2.05, 4.69) is 27.6 Å². The number of imidazole rings is 1. The molecule has 0 saturated heterocycles. The highest BCUT2D eigenvalue weighted by Gasteiger charge is 2.02. The molecular weight excluding hydrogens is 289 g/mol. The minimum atomic E-state index is 0.531. The molecule has 0 bridgehead atoms. The van der Waals surface area contributed by atoms with E-state index in [0.717, 1.165) is 11.4 Å². The molecule has 0 radical (unpaired) electrons. The zero-order valence-electron chi connectivity index (χ0n) is 7.74. The van der Waals surface area contributed by atoms with Crippen LogP contribution in [0.1, 0.15) is 5.69 Å². The topological polar surface area (TPSA) is 43.8 Å². The Labute approximate surface area is 96.1 Å². The summed E-state index contributed by atoms with van der Waals surface area (Å²) in [6, 6.07) is 8.15. The number of nitrogens with zero attached hydrogens (tertiary/aromatic N) is 2. The summed E-state index contributed by atoms with van der Waals surface area (Å²) in [5, 5.41) is 0. The Hall–Kier alpha value is -1.04. The largest absolute Gasteiger partial charge is 0.369 e. The lowest BCUT2D eigenvalue weighted by Gasteiger charge is -2.03. The number of aryl methyl sites for hydroxylation is 1. The van der Waals surface area contributed by atoms with Gasteiger partial charge in [0.05, 0.1) is 5.69 Å². The number of hydrogen-bond acceptors (Lipinski definition) is 2. The van der Waals surface area contributed by atoms with Gasteiger partial charge in [0.2, 0.25) is 5.95 Å². The van der Waals surface area contributed by atoms with E-state index in [1.54, 1.807) is 0 Å². The molecule has 0 spiro atoms. The van der Waals surface area contributed by atoms with Crippen LogP contribution >= 0.6 is 22.6 Å². The minimum absolute atomic E-state index is 0.531. The van der Waals surface area contributed by atoms with Crippen LogP contribution in [0.15, 0.2) is 30.5 Å². The van der Waals surface area contributed by atoms with Gasteiger partial charge in [-0.2, -0.15) is 0 Å². The molecule has 1 aromatic heterocycles. The number of aromatic nitrogens is 2. The van der Waals surface area contributed by atoms with E-state index in [4.69, 9.17) is 5.73 Å². The summed E-state index contributed by atoms with van der Waals surface area (Å²) in [5.41, 5.74) is 7.74. The van der Waals surface area contributed by atoms with E-state index in [1.165, 1.54) is 3.57 Å². The smallest absolute Gasteiger partial charge is 0.205 e. The molecule has 0 aliphatic rings. The van der Waals surface area contributed by atoms with Gasteiger partial charge < -0.3 is 5.73 Å². The van der Waals surface area contributed by atoms with Crippen molar-refractivity contribution in [2.24, 2.45) is 0 Å². The average Bonchev–Trinajstić information content (AvgIpc) is 2.47. The summed E-state index contributed by atoms with van der Waals surface area (Å²) in [4.78, 5) is 4.15. The van der Waals surface area contributed by atoms with Gasteiger partial charge >= 0.3 is 0 Å². The number of rotatable bonds is 1. The molecule has 72 valence electrons. The summed E-state index contributed by atoms with van der Waals surface area (Å²) in [5.74, 6) is 0.531. The Morgan fingerprint density at radius 1 is 1.29 bits per heavy atom. The number of anilines is 1. The molecule has 0 saturated carbocycles. The van der Waals surface area contributed by atoms with Crippen LogP contribution in [0.25, 0.3) is 5.69 Å². The van der Waals surface area contributed by atoms with E-state index in [-0.39, 0.29) is 0 Å². The van der Waals surface area contributed by atoms with Crippen molar-refractivity contribution in [3.05, 3.63) is 39.7 Å². The monoisotopic (exact) mass is 299 g/mol. The number of halogens is 1. The van der Waals surface area contributed by atoms with Crippen LogP contribution in [0.5, 0.6) is 0 Å². The fourth-order valence-corrected chi connectivity index (χ4v) is 1.68. The van der Waals surface area contributed by atoms with Gasteiger partial charge in [0, 0.05) is 15.5 Å². The van der Waals surface area contributed by atoms with Gasteiger partial charge in [-0.3, -0.25) is 4.57 Å². The molecule has 0 unspecified atom stereocenters. The molecule has 4 heteroatoms. The van der Waals surface area contributed by atoms with Crippen LogP contribution in [-0.4, -0.2) is 9.55 Å². The Morgan fingerprint density at radius 2 is 1.93 bits per heavy atom. The van der Waals surface area contributed by atoms with Crippen molar-refractivity contribution in [1.82, 2.24) is 9.55 Å². The van der Waals surface area contributed by atoms with Gasteiger partial charge in [0.25, 0.3) is 0 Å². The molecular formula is C10H10IN3. The van der Waals surface area contributed by atoms with Gasteiger partial charge in [-0.15, -0.1) is 0 Å². The summed E-state index contributed by atoms with van der Waals surface area (Å²) in [6.07, 6.45) is 1.93. The first-order valence-electron chi connectivity index (χ1n) is 4.24. The quantitative estimate of drug-likeness (QED) is 0.822. The summed E-state index contributed by atoms with van der Waals surface area (Å²) in [7, 11) is 0. The Bertz CT molecular complexity index is 445. The molecule has 0 amide bonds. The highest BCUT2D eigenvalue weighted by molar-refractivity contribution is 14.1. The van der Waals surface area contributed by atoms with Gasteiger partial charge in [0.15, 0.2) is 0 Å². The first-order chi connectivity index (χ1) is 6.66. The SMILES string of the molecule is Cc1cn(-c2ccc(I)cc2)c(N)n1. The van der Waals surface area contributed by atoms with E-state index < -0.39 is 0 Å². The summed E-state index contributed by atoms with van der Waals surface area (Å²) < 4.78 is 3.09. The predicted molar refractivity (Wildman–Crippen MR) is 65.4 cm³/mol.